The fourth-order valence-corrected chi connectivity index (χ4v) is 5.48. The summed E-state index contributed by atoms with van der Waals surface area (Å²) in [4.78, 5) is 41.2. The van der Waals surface area contributed by atoms with Gasteiger partial charge in [0.2, 0.25) is 5.43 Å². The summed E-state index contributed by atoms with van der Waals surface area (Å²) in [6.07, 6.45) is 2.75. The van der Waals surface area contributed by atoms with Gasteiger partial charge in [0, 0.05) is 51.0 Å². The second-order valence-electron chi connectivity index (χ2n) is 9.49. The van der Waals surface area contributed by atoms with Crippen molar-refractivity contribution < 1.29 is 28.2 Å². The van der Waals surface area contributed by atoms with Crippen LogP contribution in [0.15, 0.2) is 29.2 Å². The average Bonchev–Trinajstić information content (AvgIpc) is 3.13. The smallest absolute Gasteiger partial charge is 0.278 e. The van der Waals surface area contributed by atoms with E-state index in [2.05, 4.69) is 19.2 Å². The molecule has 4 rings (SSSR count). The first-order valence-electron chi connectivity index (χ1n) is 11.8. The fraction of sp³-hybridized carbons (Fsp3) is 0.480. The molecule has 2 amide bonds. The molecule has 3 atom stereocenters. The van der Waals surface area contributed by atoms with Crippen LogP contribution >= 0.6 is 0 Å². The molecule has 1 spiro atoms. The van der Waals surface area contributed by atoms with E-state index in [1.165, 1.54) is 24.0 Å². The lowest BCUT2D eigenvalue weighted by Gasteiger charge is -2.55. The van der Waals surface area contributed by atoms with Crippen molar-refractivity contribution in [1.29, 1.82) is 0 Å². The van der Waals surface area contributed by atoms with Crippen molar-refractivity contribution in [2.24, 2.45) is 11.8 Å². The summed E-state index contributed by atoms with van der Waals surface area (Å²) in [5.74, 6) is -3.49. The van der Waals surface area contributed by atoms with Gasteiger partial charge in [0.1, 0.15) is 22.9 Å². The number of aromatic nitrogens is 1. The molecule has 1 aliphatic carbocycles. The Balaban J connectivity index is 1.75. The highest BCUT2D eigenvalue weighted by atomic mass is 19.1. The van der Waals surface area contributed by atoms with Crippen LogP contribution in [0.25, 0.3) is 0 Å². The van der Waals surface area contributed by atoms with E-state index in [0.29, 0.717) is 18.4 Å². The van der Waals surface area contributed by atoms with Gasteiger partial charge in [-0.3, -0.25) is 24.1 Å². The van der Waals surface area contributed by atoms with E-state index in [4.69, 9.17) is 4.74 Å². The first kappa shape index (κ1) is 25.6. The largest absolute Gasteiger partial charge is 0.502 e. The average molecular weight is 505 g/mol. The van der Waals surface area contributed by atoms with E-state index in [1.807, 2.05) is 0 Å². The molecule has 1 aromatic carbocycles. The molecule has 0 radical (unpaired) electrons. The number of benzene rings is 1. The Hall–Kier alpha value is -3.47. The number of nitrogens with zero attached hydrogens (tertiary/aromatic N) is 3. The molecule has 1 aliphatic heterocycles. The molecule has 11 heteroatoms. The van der Waals surface area contributed by atoms with Gasteiger partial charge in [-0.05, 0) is 24.8 Å². The Morgan fingerprint density at radius 3 is 2.61 bits per heavy atom. The first-order chi connectivity index (χ1) is 17.0. The lowest BCUT2D eigenvalue weighted by atomic mass is 9.89. The molecule has 1 unspecified atom stereocenters. The number of fused-ring (bicyclic) bond motifs is 1. The SMILES string of the molecule is COCCN1C(=O)c2c(O)c(=O)c(C(=O)NCc3ccc(F)cc3F)cn2N(C)C12CC[C@H](C)[C@@H]2C. The van der Waals surface area contributed by atoms with Crippen LogP contribution in [0.5, 0.6) is 5.75 Å². The number of aromatic hydroxyl groups is 1. The van der Waals surface area contributed by atoms with Gasteiger partial charge in [0.15, 0.2) is 11.4 Å². The molecular weight excluding hydrogens is 474 g/mol. The molecule has 2 heterocycles. The number of amides is 2. The molecule has 2 aromatic rings. The van der Waals surface area contributed by atoms with Crippen LogP contribution in [0.3, 0.4) is 0 Å². The van der Waals surface area contributed by atoms with E-state index < -0.39 is 45.9 Å². The molecule has 9 nitrogen and oxygen atoms in total. The maximum Gasteiger partial charge on any atom is 0.278 e. The molecule has 2 N–H and O–H groups in total. The zero-order valence-electron chi connectivity index (χ0n) is 20.7. The third-order valence-corrected chi connectivity index (χ3v) is 7.73. The van der Waals surface area contributed by atoms with Crippen LogP contribution in [0, 0.1) is 23.5 Å². The summed E-state index contributed by atoms with van der Waals surface area (Å²) in [7, 11) is 3.29. The van der Waals surface area contributed by atoms with E-state index in [1.54, 1.807) is 17.0 Å². The highest BCUT2D eigenvalue weighted by Crippen LogP contribution is 2.47. The van der Waals surface area contributed by atoms with Crippen LogP contribution in [0.2, 0.25) is 0 Å². The van der Waals surface area contributed by atoms with Crippen molar-refractivity contribution in [2.75, 3.05) is 32.3 Å². The van der Waals surface area contributed by atoms with Gasteiger partial charge in [0.05, 0.1) is 6.61 Å². The maximum absolute atomic E-state index is 14.0. The molecule has 1 aromatic heterocycles. The second kappa shape index (κ2) is 9.53. The number of methoxy groups -OCH3 is 1. The summed E-state index contributed by atoms with van der Waals surface area (Å²) < 4.78 is 33.7. The van der Waals surface area contributed by atoms with Crippen molar-refractivity contribution in [1.82, 2.24) is 14.9 Å². The Morgan fingerprint density at radius 1 is 1.28 bits per heavy atom. The highest BCUT2D eigenvalue weighted by molar-refractivity contribution is 5.99. The molecule has 2 aliphatic rings. The quantitative estimate of drug-likeness (QED) is 0.625. The number of rotatable bonds is 6. The summed E-state index contributed by atoms with van der Waals surface area (Å²) in [5.41, 5.74) is -2.39. The number of nitrogens with one attached hydrogen (secondary N) is 1. The van der Waals surface area contributed by atoms with Crippen molar-refractivity contribution in [3.8, 4) is 5.75 Å². The van der Waals surface area contributed by atoms with Crippen LogP contribution in [-0.2, 0) is 11.3 Å². The van der Waals surface area contributed by atoms with Crippen LogP contribution in [0.4, 0.5) is 8.78 Å². The zero-order valence-corrected chi connectivity index (χ0v) is 20.7. The normalized spacial score (nSPS) is 23.3. The van der Waals surface area contributed by atoms with Gasteiger partial charge in [-0.2, -0.15) is 0 Å². The molecule has 194 valence electrons. The number of pyridine rings is 1. The van der Waals surface area contributed by atoms with Gasteiger partial charge in [-0.15, -0.1) is 0 Å². The van der Waals surface area contributed by atoms with Gasteiger partial charge in [-0.25, -0.2) is 8.78 Å². The molecule has 1 fully saturated rings. The molecule has 0 saturated heterocycles. The Bertz CT molecular complexity index is 1270. The van der Waals surface area contributed by atoms with Gasteiger partial charge < -0.3 is 20.1 Å². The number of ether oxygens (including phenoxy) is 1. The van der Waals surface area contributed by atoms with E-state index in [-0.39, 0.29) is 36.9 Å². The third kappa shape index (κ3) is 3.91. The lowest BCUT2D eigenvalue weighted by molar-refractivity contribution is 0.000978. The number of halogens is 2. The van der Waals surface area contributed by atoms with Crippen LogP contribution < -0.4 is 15.8 Å². The second-order valence-corrected chi connectivity index (χ2v) is 9.49. The van der Waals surface area contributed by atoms with Crippen molar-refractivity contribution in [3.63, 3.8) is 0 Å². The van der Waals surface area contributed by atoms with Crippen molar-refractivity contribution >= 4 is 11.8 Å². The topological polar surface area (TPSA) is 104 Å². The summed E-state index contributed by atoms with van der Waals surface area (Å²) in [6.45, 7) is 4.40. The monoisotopic (exact) mass is 504 g/mol. The van der Waals surface area contributed by atoms with E-state index >= 15 is 0 Å². The third-order valence-electron chi connectivity index (χ3n) is 7.73. The van der Waals surface area contributed by atoms with E-state index in [0.717, 1.165) is 12.5 Å². The van der Waals surface area contributed by atoms with Gasteiger partial charge in [-0.1, -0.05) is 19.9 Å². The first-order valence-corrected chi connectivity index (χ1v) is 11.8. The number of carbonyl (C=O) groups is 2. The van der Waals surface area contributed by atoms with Crippen LogP contribution in [-0.4, -0.2) is 59.5 Å². The standard InChI is InChI=1S/C25H30F2N4O5/c1-14-7-8-25(15(14)2)29(3)31-13-18(23(34)28-12-16-5-6-17(26)11-19(16)27)21(32)22(33)20(31)24(35)30(25)9-10-36-4/h5-6,11,13-15,33H,7-10,12H2,1-4H3,(H,28,34)/t14-,15-,25?/m0/s1. The Labute approximate surface area is 207 Å². The van der Waals surface area contributed by atoms with Gasteiger partial charge in [0.25, 0.3) is 11.8 Å². The fourth-order valence-electron chi connectivity index (χ4n) is 5.48. The minimum Gasteiger partial charge on any atom is -0.502 e. The number of hydrogen-bond acceptors (Lipinski definition) is 6. The summed E-state index contributed by atoms with van der Waals surface area (Å²) in [6, 6.07) is 2.94. The highest BCUT2D eigenvalue weighted by Gasteiger charge is 2.57. The van der Waals surface area contributed by atoms with E-state index in [9.17, 15) is 28.3 Å². The van der Waals surface area contributed by atoms with Crippen LogP contribution in [0.1, 0.15) is 53.1 Å². The van der Waals surface area contributed by atoms with Gasteiger partial charge >= 0.3 is 0 Å². The minimum absolute atomic E-state index is 0.0286. The molecular formula is C25H30F2N4O5. The summed E-state index contributed by atoms with van der Waals surface area (Å²) >= 11 is 0. The van der Waals surface area contributed by atoms with Crippen molar-refractivity contribution in [3.05, 3.63) is 63.1 Å². The Kier molecular flexibility index (Phi) is 6.78. The lowest BCUT2D eigenvalue weighted by Crippen LogP contribution is -2.71. The number of carbonyl (C=O) groups excluding carboxylic acids is 2. The maximum atomic E-state index is 14.0. The molecule has 1 saturated carbocycles. The zero-order chi connectivity index (χ0) is 26.4. The molecule has 0 bridgehead atoms. The minimum atomic E-state index is -1.02. The van der Waals surface area contributed by atoms with Crippen molar-refractivity contribution in [2.45, 2.75) is 38.9 Å². The molecule has 36 heavy (non-hydrogen) atoms. The summed E-state index contributed by atoms with van der Waals surface area (Å²) in [5, 5.41) is 15.0. The predicted molar refractivity (Wildman–Crippen MR) is 127 cm³/mol. The predicted octanol–water partition coefficient (Wildman–Crippen LogP) is 2.19. The number of hydrogen-bond donors (Lipinski definition) is 2. The Morgan fingerprint density at radius 2 is 2.00 bits per heavy atom.